The molecule has 2 N–H and O–H groups in total. The van der Waals surface area contributed by atoms with Gasteiger partial charge >= 0.3 is 5.97 Å². The summed E-state index contributed by atoms with van der Waals surface area (Å²) >= 11 is 0. The van der Waals surface area contributed by atoms with Gasteiger partial charge in [0, 0.05) is 12.5 Å². The van der Waals surface area contributed by atoms with Crippen LogP contribution in [0.5, 0.6) is 0 Å². The monoisotopic (exact) mass is 343 g/mol. The molecule has 2 aromatic rings. The van der Waals surface area contributed by atoms with Crippen LogP contribution in [0.1, 0.15) is 51.4 Å². The lowest BCUT2D eigenvalue weighted by molar-refractivity contribution is -0.146. The Kier molecular flexibility index (Phi) is 5.06. The van der Waals surface area contributed by atoms with Gasteiger partial charge in [0.25, 0.3) is 0 Å². The number of aliphatic carboxylic acids is 1. The van der Waals surface area contributed by atoms with Crippen molar-refractivity contribution in [2.75, 3.05) is 0 Å². The summed E-state index contributed by atoms with van der Waals surface area (Å²) in [6, 6.07) is 7.53. The minimum absolute atomic E-state index is 0.0351. The number of para-hydroxylation sites is 2. The molecule has 1 aliphatic carbocycles. The fourth-order valence-electron chi connectivity index (χ4n) is 3.56. The van der Waals surface area contributed by atoms with Crippen molar-refractivity contribution in [3.8, 4) is 0 Å². The van der Waals surface area contributed by atoms with Gasteiger partial charge in [-0.3, -0.25) is 9.59 Å². The number of hydrogen-bond donors (Lipinski definition) is 2. The molecule has 6 nitrogen and oxygen atoms in total. The Morgan fingerprint density at radius 1 is 1.32 bits per heavy atom. The molecule has 3 rings (SSSR count). The number of rotatable bonds is 7. The maximum absolute atomic E-state index is 12.8. The van der Waals surface area contributed by atoms with E-state index in [4.69, 9.17) is 10.1 Å². The molecule has 0 spiro atoms. The maximum atomic E-state index is 12.8. The van der Waals surface area contributed by atoms with Crippen molar-refractivity contribution in [1.29, 1.82) is 0 Å². The Morgan fingerprint density at radius 2 is 2.04 bits per heavy atom. The van der Waals surface area contributed by atoms with Gasteiger partial charge in [0.15, 0.2) is 0 Å². The van der Waals surface area contributed by atoms with E-state index in [1.165, 1.54) is 0 Å². The summed E-state index contributed by atoms with van der Waals surface area (Å²) in [4.78, 5) is 28.5. The first kappa shape index (κ1) is 17.5. The second-order valence-corrected chi connectivity index (χ2v) is 6.77. The molecule has 1 aliphatic rings. The van der Waals surface area contributed by atoms with Crippen LogP contribution in [0.25, 0.3) is 11.0 Å². The second kappa shape index (κ2) is 7.25. The summed E-state index contributed by atoms with van der Waals surface area (Å²) in [5, 5.41) is 12.0. The zero-order valence-electron chi connectivity index (χ0n) is 14.7. The first-order valence-electron chi connectivity index (χ1n) is 9.04. The zero-order valence-corrected chi connectivity index (χ0v) is 14.7. The molecule has 1 aromatic carbocycles. The standard InChI is InChI=1S/C19H25N3O3/c1-3-7-17-21-14-8-5-6-9-16(14)22(17)15(4-2)18(23)20-13-10-12(11-13)19(24)25/h5-6,8-9,12-13,15H,3-4,7,10-11H2,1-2H3,(H,20,23)(H,24,25)/t12?,13?,15-/m0/s1. The lowest BCUT2D eigenvalue weighted by Crippen LogP contribution is -2.48. The molecule has 134 valence electrons. The SMILES string of the molecule is CCCc1nc2ccccc2n1[C@@H](CC)C(=O)NC1CC(C(=O)O)C1. The molecule has 1 fully saturated rings. The Labute approximate surface area is 147 Å². The van der Waals surface area contributed by atoms with Crippen LogP contribution in [-0.2, 0) is 16.0 Å². The Balaban J connectivity index is 1.83. The topological polar surface area (TPSA) is 84.2 Å². The highest BCUT2D eigenvalue weighted by Crippen LogP contribution is 2.29. The predicted molar refractivity (Wildman–Crippen MR) is 95.3 cm³/mol. The Morgan fingerprint density at radius 3 is 2.68 bits per heavy atom. The van der Waals surface area contributed by atoms with E-state index in [2.05, 4.69) is 16.8 Å². The number of aryl methyl sites for hydroxylation is 1. The Bertz CT molecular complexity index is 777. The van der Waals surface area contributed by atoms with Crippen LogP contribution in [0, 0.1) is 5.92 Å². The first-order valence-corrected chi connectivity index (χ1v) is 9.04. The molecular weight excluding hydrogens is 318 g/mol. The number of imidazole rings is 1. The summed E-state index contributed by atoms with van der Waals surface area (Å²) in [6.07, 6.45) is 3.49. The number of carbonyl (C=O) groups is 2. The number of carbonyl (C=O) groups excluding carboxylic acids is 1. The van der Waals surface area contributed by atoms with Crippen LogP contribution in [0.3, 0.4) is 0 Å². The van der Waals surface area contributed by atoms with Crippen molar-refractivity contribution in [2.24, 2.45) is 5.92 Å². The van der Waals surface area contributed by atoms with Crippen LogP contribution < -0.4 is 5.32 Å². The van der Waals surface area contributed by atoms with Gasteiger partial charge in [0.2, 0.25) is 5.91 Å². The number of nitrogens with zero attached hydrogens (tertiary/aromatic N) is 2. The normalized spacial score (nSPS) is 20.9. The molecule has 1 heterocycles. The van der Waals surface area contributed by atoms with E-state index in [9.17, 15) is 9.59 Å². The lowest BCUT2D eigenvalue weighted by Gasteiger charge is -2.34. The van der Waals surface area contributed by atoms with Crippen LogP contribution in [0.15, 0.2) is 24.3 Å². The van der Waals surface area contributed by atoms with Crippen molar-refractivity contribution in [1.82, 2.24) is 14.9 Å². The van der Waals surface area contributed by atoms with Crippen molar-refractivity contribution >= 4 is 22.9 Å². The molecule has 1 atom stereocenters. The minimum Gasteiger partial charge on any atom is -0.481 e. The summed E-state index contributed by atoms with van der Waals surface area (Å²) in [5.41, 5.74) is 1.89. The summed E-state index contributed by atoms with van der Waals surface area (Å²) in [7, 11) is 0. The molecule has 25 heavy (non-hydrogen) atoms. The third kappa shape index (κ3) is 3.38. The van der Waals surface area contributed by atoms with E-state index in [0.717, 1.165) is 29.7 Å². The van der Waals surface area contributed by atoms with E-state index in [1.54, 1.807) is 0 Å². The summed E-state index contributed by atoms with van der Waals surface area (Å²) < 4.78 is 2.06. The molecule has 6 heteroatoms. The van der Waals surface area contributed by atoms with E-state index < -0.39 is 5.97 Å². The summed E-state index contributed by atoms with van der Waals surface area (Å²) in [6.45, 7) is 4.10. The van der Waals surface area contributed by atoms with Crippen molar-refractivity contribution < 1.29 is 14.7 Å². The predicted octanol–water partition coefficient (Wildman–Crippen LogP) is 2.92. The fraction of sp³-hybridized carbons (Fsp3) is 0.526. The molecule has 1 amide bonds. The molecule has 0 saturated heterocycles. The highest BCUT2D eigenvalue weighted by molar-refractivity contribution is 5.85. The van der Waals surface area contributed by atoms with Crippen LogP contribution >= 0.6 is 0 Å². The molecule has 0 radical (unpaired) electrons. The first-order chi connectivity index (χ1) is 12.0. The molecule has 0 bridgehead atoms. The molecular formula is C19H25N3O3. The van der Waals surface area contributed by atoms with Gasteiger partial charge in [0.1, 0.15) is 11.9 Å². The quantitative estimate of drug-likeness (QED) is 0.809. The van der Waals surface area contributed by atoms with Crippen molar-refractivity contribution in [3.63, 3.8) is 0 Å². The van der Waals surface area contributed by atoms with Gasteiger partial charge in [-0.2, -0.15) is 0 Å². The van der Waals surface area contributed by atoms with Gasteiger partial charge in [-0.05, 0) is 37.8 Å². The van der Waals surface area contributed by atoms with E-state index in [1.807, 2.05) is 31.2 Å². The molecule has 0 aliphatic heterocycles. The fourth-order valence-corrected chi connectivity index (χ4v) is 3.56. The van der Waals surface area contributed by atoms with Gasteiger partial charge in [-0.25, -0.2) is 4.98 Å². The molecule has 1 saturated carbocycles. The molecule has 1 aromatic heterocycles. The third-order valence-electron chi connectivity index (χ3n) is 4.98. The average molecular weight is 343 g/mol. The van der Waals surface area contributed by atoms with Gasteiger partial charge < -0.3 is 15.0 Å². The molecule has 0 unspecified atom stereocenters. The van der Waals surface area contributed by atoms with E-state index >= 15 is 0 Å². The van der Waals surface area contributed by atoms with Crippen molar-refractivity contribution in [3.05, 3.63) is 30.1 Å². The van der Waals surface area contributed by atoms with Gasteiger partial charge in [0.05, 0.1) is 17.0 Å². The Hall–Kier alpha value is -2.37. The van der Waals surface area contributed by atoms with E-state index in [0.29, 0.717) is 19.3 Å². The number of amides is 1. The number of hydrogen-bond acceptors (Lipinski definition) is 3. The maximum Gasteiger partial charge on any atom is 0.306 e. The summed E-state index contributed by atoms with van der Waals surface area (Å²) in [5.74, 6) is -0.210. The van der Waals surface area contributed by atoms with Gasteiger partial charge in [-0.15, -0.1) is 0 Å². The van der Waals surface area contributed by atoms with Gasteiger partial charge in [-0.1, -0.05) is 26.0 Å². The highest BCUT2D eigenvalue weighted by atomic mass is 16.4. The van der Waals surface area contributed by atoms with Crippen LogP contribution in [0.4, 0.5) is 0 Å². The minimum atomic E-state index is -0.775. The number of aromatic nitrogens is 2. The number of carboxylic acid groups (broad SMARTS) is 1. The highest BCUT2D eigenvalue weighted by Gasteiger charge is 2.36. The van der Waals surface area contributed by atoms with Crippen LogP contribution in [-0.4, -0.2) is 32.6 Å². The van der Waals surface area contributed by atoms with Crippen LogP contribution in [0.2, 0.25) is 0 Å². The number of benzene rings is 1. The third-order valence-corrected chi connectivity index (χ3v) is 4.98. The smallest absolute Gasteiger partial charge is 0.306 e. The largest absolute Gasteiger partial charge is 0.481 e. The van der Waals surface area contributed by atoms with Crippen molar-refractivity contribution in [2.45, 2.75) is 58.0 Å². The lowest BCUT2D eigenvalue weighted by atomic mass is 9.80. The van der Waals surface area contributed by atoms with E-state index in [-0.39, 0.29) is 23.9 Å². The second-order valence-electron chi connectivity index (χ2n) is 6.77. The number of fused-ring (bicyclic) bond motifs is 1. The average Bonchev–Trinajstić information content (AvgIpc) is 2.90. The zero-order chi connectivity index (χ0) is 18.0. The number of carboxylic acids is 1. The number of nitrogens with one attached hydrogen (secondary N) is 1.